The van der Waals surface area contributed by atoms with E-state index in [1.807, 2.05) is 0 Å². The van der Waals surface area contributed by atoms with Gasteiger partial charge >= 0.3 is 5.97 Å². The van der Waals surface area contributed by atoms with Crippen molar-refractivity contribution in [2.45, 2.75) is 6.04 Å². The smallest absolute Gasteiger partial charge is 0.326 e. The number of aliphatic hydroxyl groups excluding tert-OH is 1. The van der Waals surface area contributed by atoms with Gasteiger partial charge in [-0.15, -0.1) is 0 Å². The molecule has 1 atom stereocenters. The molecule has 0 aromatic rings. The largest absolute Gasteiger partial charge is 0.468 e. The second kappa shape index (κ2) is 3.40. The SMILES string of the molecule is COC(=O)C([NH])CO. The van der Waals surface area contributed by atoms with Crippen LogP contribution in [-0.4, -0.2) is 30.8 Å². The van der Waals surface area contributed by atoms with Gasteiger partial charge in [-0.1, -0.05) is 0 Å². The van der Waals surface area contributed by atoms with E-state index >= 15 is 0 Å². The van der Waals surface area contributed by atoms with Gasteiger partial charge in [0, 0.05) is 0 Å². The van der Waals surface area contributed by atoms with Crippen molar-refractivity contribution in [3.8, 4) is 0 Å². The average molecular weight is 118 g/mol. The highest BCUT2D eigenvalue weighted by atomic mass is 16.5. The van der Waals surface area contributed by atoms with E-state index in [1.54, 1.807) is 0 Å². The number of hydrogen-bond donors (Lipinski definition) is 1. The number of carbonyl (C=O) groups excluding carboxylic acids is 1. The summed E-state index contributed by atoms with van der Waals surface area (Å²) in [5, 5.41) is 8.15. The first kappa shape index (κ1) is 7.39. The van der Waals surface area contributed by atoms with Crippen LogP contribution in [0.1, 0.15) is 0 Å². The Bertz CT molecular complexity index is 83.4. The maximum atomic E-state index is 10.2. The van der Waals surface area contributed by atoms with Crippen molar-refractivity contribution < 1.29 is 14.6 Å². The first-order valence-electron chi connectivity index (χ1n) is 2.12. The Morgan fingerprint density at radius 1 is 2.00 bits per heavy atom. The van der Waals surface area contributed by atoms with Crippen LogP contribution in [0.5, 0.6) is 0 Å². The van der Waals surface area contributed by atoms with Gasteiger partial charge in [0.1, 0.15) is 6.04 Å². The molecule has 1 radical (unpaired) electrons. The van der Waals surface area contributed by atoms with Gasteiger partial charge in [0.2, 0.25) is 0 Å². The molecule has 0 saturated carbocycles. The molecule has 0 aliphatic rings. The fourth-order valence-electron chi connectivity index (χ4n) is 0.217. The molecule has 0 spiro atoms. The highest BCUT2D eigenvalue weighted by Gasteiger charge is 2.11. The summed E-state index contributed by atoms with van der Waals surface area (Å²) in [4.78, 5) is 10.2. The molecule has 8 heavy (non-hydrogen) atoms. The summed E-state index contributed by atoms with van der Waals surface area (Å²) in [5.74, 6) is -0.701. The molecule has 4 nitrogen and oxygen atoms in total. The lowest BCUT2D eigenvalue weighted by atomic mass is 10.3. The lowest BCUT2D eigenvalue weighted by Gasteiger charge is -2.01. The van der Waals surface area contributed by atoms with Gasteiger partial charge in [0.15, 0.2) is 0 Å². The summed E-state index contributed by atoms with van der Waals surface area (Å²) in [6, 6.07) is -1.14. The van der Waals surface area contributed by atoms with Crippen molar-refractivity contribution in [3.63, 3.8) is 0 Å². The second-order valence-corrected chi connectivity index (χ2v) is 1.26. The standard InChI is InChI=1S/C4H8NO3/c1-8-4(7)3(5)2-6/h3,5-6H,2H2,1H3. The summed E-state index contributed by atoms with van der Waals surface area (Å²) in [6.07, 6.45) is 0. The molecule has 0 aromatic heterocycles. The summed E-state index contributed by atoms with van der Waals surface area (Å²) >= 11 is 0. The summed E-state index contributed by atoms with van der Waals surface area (Å²) in [6.45, 7) is -0.479. The Balaban J connectivity index is 3.46. The zero-order valence-corrected chi connectivity index (χ0v) is 4.55. The molecule has 0 rings (SSSR count). The normalized spacial score (nSPS) is 12.9. The van der Waals surface area contributed by atoms with Crippen LogP contribution in [0.2, 0.25) is 0 Å². The van der Waals surface area contributed by atoms with Crippen LogP contribution < -0.4 is 5.73 Å². The topological polar surface area (TPSA) is 70.3 Å². The van der Waals surface area contributed by atoms with Gasteiger partial charge in [-0.3, -0.25) is 4.79 Å². The van der Waals surface area contributed by atoms with E-state index in [0.29, 0.717) is 0 Å². The van der Waals surface area contributed by atoms with Crippen LogP contribution in [0.4, 0.5) is 0 Å². The molecule has 0 amide bonds. The van der Waals surface area contributed by atoms with E-state index in [2.05, 4.69) is 4.74 Å². The highest BCUT2D eigenvalue weighted by molar-refractivity contribution is 5.75. The molecule has 0 aliphatic carbocycles. The van der Waals surface area contributed by atoms with Crippen LogP contribution in [0.3, 0.4) is 0 Å². The fourth-order valence-corrected chi connectivity index (χ4v) is 0.217. The minimum atomic E-state index is -1.14. The molecule has 2 N–H and O–H groups in total. The van der Waals surface area contributed by atoms with Gasteiger partial charge in [0.25, 0.3) is 0 Å². The number of ether oxygens (including phenoxy) is 1. The van der Waals surface area contributed by atoms with Gasteiger partial charge in [-0.05, 0) is 0 Å². The molecule has 0 heterocycles. The van der Waals surface area contributed by atoms with Crippen LogP contribution in [0.25, 0.3) is 0 Å². The number of hydrogen-bond acceptors (Lipinski definition) is 3. The number of methoxy groups -OCH3 is 1. The lowest BCUT2D eigenvalue weighted by molar-refractivity contribution is -0.143. The zero-order chi connectivity index (χ0) is 6.57. The van der Waals surface area contributed by atoms with Crippen molar-refractivity contribution in [2.24, 2.45) is 0 Å². The molecule has 1 unspecified atom stereocenters. The summed E-state index contributed by atoms with van der Waals surface area (Å²) in [7, 11) is 1.18. The molecule has 4 heteroatoms. The van der Waals surface area contributed by atoms with Crippen LogP contribution in [0, 0.1) is 0 Å². The number of nitrogens with one attached hydrogen (secondary N) is 1. The zero-order valence-electron chi connectivity index (χ0n) is 4.55. The third kappa shape index (κ3) is 1.90. The highest BCUT2D eigenvalue weighted by Crippen LogP contribution is 1.81. The van der Waals surface area contributed by atoms with Crippen molar-refractivity contribution in [2.75, 3.05) is 13.7 Å². The van der Waals surface area contributed by atoms with Gasteiger partial charge < -0.3 is 9.84 Å². The van der Waals surface area contributed by atoms with Gasteiger partial charge in [-0.25, -0.2) is 5.73 Å². The minimum Gasteiger partial charge on any atom is -0.468 e. The maximum Gasteiger partial charge on any atom is 0.326 e. The van der Waals surface area contributed by atoms with E-state index < -0.39 is 18.6 Å². The molecule has 0 bridgehead atoms. The monoisotopic (exact) mass is 118 g/mol. The average Bonchev–Trinajstić information content (AvgIpc) is 1.84. The van der Waals surface area contributed by atoms with Crippen molar-refractivity contribution in [1.82, 2.24) is 5.73 Å². The number of esters is 1. The van der Waals surface area contributed by atoms with Crippen molar-refractivity contribution >= 4 is 5.97 Å². The molecule has 0 aromatic carbocycles. The predicted octanol–water partition coefficient (Wildman–Crippen LogP) is -1.20. The summed E-state index contributed by atoms with van der Waals surface area (Å²) < 4.78 is 4.12. The van der Waals surface area contributed by atoms with Crippen LogP contribution in [0.15, 0.2) is 0 Å². The van der Waals surface area contributed by atoms with Crippen LogP contribution in [-0.2, 0) is 9.53 Å². The molecule has 47 valence electrons. The maximum absolute atomic E-state index is 10.2. The molecule has 0 fully saturated rings. The minimum absolute atomic E-state index is 0.479. The fraction of sp³-hybridized carbons (Fsp3) is 0.750. The van der Waals surface area contributed by atoms with Crippen molar-refractivity contribution in [1.29, 1.82) is 0 Å². The van der Waals surface area contributed by atoms with E-state index in [4.69, 9.17) is 10.8 Å². The molecular formula is C4H8NO3. The van der Waals surface area contributed by atoms with E-state index in [9.17, 15) is 4.79 Å². The van der Waals surface area contributed by atoms with E-state index in [0.717, 1.165) is 0 Å². The Kier molecular flexibility index (Phi) is 3.14. The lowest BCUT2D eigenvalue weighted by Crippen LogP contribution is -2.26. The third-order valence-corrected chi connectivity index (χ3v) is 0.668. The van der Waals surface area contributed by atoms with Gasteiger partial charge in [0.05, 0.1) is 13.7 Å². The van der Waals surface area contributed by atoms with E-state index in [1.165, 1.54) is 7.11 Å². The number of carbonyl (C=O) groups is 1. The Morgan fingerprint density at radius 2 is 2.50 bits per heavy atom. The first-order valence-corrected chi connectivity index (χ1v) is 2.12. The number of aliphatic hydroxyl groups is 1. The number of rotatable bonds is 2. The Hall–Kier alpha value is -0.610. The van der Waals surface area contributed by atoms with Gasteiger partial charge in [-0.2, -0.15) is 0 Å². The third-order valence-electron chi connectivity index (χ3n) is 0.668. The summed E-state index contributed by atoms with van der Waals surface area (Å²) in [5.41, 5.74) is 6.70. The van der Waals surface area contributed by atoms with Crippen LogP contribution >= 0.6 is 0 Å². The Morgan fingerprint density at radius 3 is 2.62 bits per heavy atom. The Labute approximate surface area is 47.2 Å². The van der Waals surface area contributed by atoms with Crippen molar-refractivity contribution in [3.05, 3.63) is 0 Å². The molecule has 0 saturated heterocycles. The predicted molar refractivity (Wildman–Crippen MR) is 26.0 cm³/mol. The second-order valence-electron chi connectivity index (χ2n) is 1.26. The molecule has 0 aliphatic heterocycles. The first-order chi connectivity index (χ1) is 3.72. The van der Waals surface area contributed by atoms with E-state index in [-0.39, 0.29) is 0 Å². The quantitative estimate of drug-likeness (QED) is 0.463. The molecular weight excluding hydrogens is 110 g/mol.